The smallest absolute Gasteiger partial charge is 0.116 e. The van der Waals surface area contributed by atoms with E-state index in [9.17, 15) is 5.11 Å². The van der Waals surface area contributed by atoms with Crippen LogP contribution >= 0.6 is 0 Å². The molecule has 2 heteroatoms. The Labute approximate surface area is 128 Å². The Bertz CT molecular complexity index is 1000. The van der Waals surface area contributed by atoms with Gasteiger partial charge in [-0.3, -0.25) is 0 Å². The molecule has 0 unspecified atom stereocenters. The number of hydrogen-bond donors (Lipinski definition) is 1. The number of fused-ring (bicyclic) bond motifs is 3. The Balaban J connectivity index is 2.03. The highest BCUT2D eigenvalue weighted by Crippen LogP contribution is 2.30. The summed E-state index contributed by atoms with van der Waals surface area (Å²) in [4.78, 5) is 4.79. The molecule has 2 nitrogen and oxygen atoms in total. The van der Waals surface area contributed by atoms with Crippen molar-refractivity contribution in [2.45, 2.75) is 6.92 Å². The molecule has 4 rings (SSSR count). The molecule has 3 aromatic carbocycles. The predicted octanol–water partition coefficient (Wildman–Crippen LogP) is 5.07. The lowest BCUT2D eigenvalue weighted by molar-refractivity contribution is 0.475. The molecule has 0 amide bonds. The van der Waals surface area contributed by atoms with E-state index in [0.29, 0.717) is 0 Å². The number of aromatic nitrogens is 1. The molecule has 0 spiro atoms. The molecule has 106 valence electrons. The van der Waals surface area contributed by atoms with Crippen LogP contribution in [-0.4, -0.2) is 10.1 Å². The molecule has 0 saturated carbocycles. The van der Waals surface area contributed by atoms with Crippen molar-refractivity contribution in [2.75, 3.05) is 0 Å². The van der Waals surface area contributed by atoms with Crippen molar-refractivity contribution in [3.05, 3.63) is 72.3 Å². The van der Waals surface area contributed by atoms with Gasteiger partial charge in [0, 0.05) is 10.9 Å². The lowest BCUT2D eigenvalue weighted by atomic mass is 9.99. The average molecular weight is 285 g/mol. The maximum absolute atomic E-state index is 9.67. The Morgan fingerprint density at radius 2 is 1.73 bits per heavy atom. The zero-order valence-corrected chi connectivity index (χ0v) is 12.2. The highest BCUT2D eigenvalue weighted by atomic mass is 16.3. The summed E-state index contributed by atoms with van der Waals surface area (Å²) in [7, 11) is 0. The van der Waals surface area contributed by atoms with Crippen LogP contribution in [0.5, 0.6) is 5.75 Å². The van der Waals surface area contributed by atoms with Gasteiger partial charge < -0.3 is 5.11 Å². The summed E-state index contributed by atoms with van der Waals surface area (Å²) in [6, 6.07) is 21.9. The van der Waals surface area contributed by atoms with E-state index in [2.05, 4.69) is 49.4 Å². The molecule has 0 bridgehead atoms. The minimum absolute atomic E-state index is 0.260. The summed E-state index contributed by atoms with van der Waals surface area (Å²) >= 11 is 0. The van der Waals surface area contributed by atoms with Gasteiger partial charge in [0.05, 0.1) is 11.2 Å². The Kier molecular flexibility index (Phi) is 2.83. The minimum Gasteiger partial charge on any atom is -0.508 e. The fourth-order valence-electron chi connectivity index (χ4n) is 3.02. The van der Waals surface area contributed by atoms with Crippen molar-refractivity contribution < 1.29 is 5.11 Å². The summed E-state index contributed by atoms with van der Waals surface area (Å²) in [5.41, 5.74) is 3.99. The second kappa shape index (κ2) is 4.85. The van der Waals surface area contributed by atoms with E-state index >= 15 is 0 Å². The number of hydrogen-bond acceptors (Lipinski definition) is 2. The van der Waals surface area contributed by atoms with Crippen molar-refractivity contribution in [2.24, 2.45) is 0 Å². The second-order valence-electron chi connectivity index (χ2n) is 5.56. The van der Waals surface area contributed by atoms with Crippen LogP contribution in [0, 0.1) is 6.92 Å². The number of phenols is 1. The van der Waals surface area contributed by atoms with Crippen molar-refractivity contribution in [3.63, 3.8) is 0 Å². The predicted molar refractivity (Wildman–Crippen MR) is 91.1 cm³/mol. The van der Waals surface area contributed by atoms with E-state index in [4.69, 9.17) is 4.98 Å². The molecule has 0 fully saturated rings. The van der Waals surface area contributed by atoms with E-state index in [0.717, 1.165) is 16.8 Å². The van der Waals surface area contributed by atoms with E-state index in [1.54, 1.807) is 12.1 Å². The minimum atomic E-state index is 0.260. The molecule has 0 saturated heterocycles. The van der Waals surface area contributed by atoms with Gasteiger partial charge in [0.1, 0.15) is 5.75 Å². The summed E-state index contributed by atoms with van der Waals surface area (Å²) in [5.74, 6) is 0.260. The molecular weight excluding hydrogens is 270 g/mol. The van der Waals surface area contributed by atoms with Crippen LogP contribution in [0.2, 0.25) is 0 Å². The van der Waals surface area contributed by atoms with Gasteiger partial charge in [0.25, 0.3) is 0 Å². The topological polar surface area (TPSA) is 33.1 Å². The van der Waals surface area contributed by atoms with Gasteiger partial charge in [-0.2, -0.15) is 0 Å². The molecular formula is C20H15NO. The summed E-state index contributed by atoms with van der Waals surface area (Å²) < 4.78 is 0. The van der Waals surface area contributed by atoms with Crippen LogP contribution < -0.4 is 0 Å². The first-order chi connectivity index (χ1) is 10.7. The highest BCUT2D eigenvalue weighted by Gasteiger charge is 2.08. The van der Waals surface area contributed by atoms with E-state index < -0.39 is 0 Å². The average Bonchev–Trinajstić information content (AvgIpc) is 2.54. The Morgan fingerprint density at radius 1 is 0.864 bits per heavy atom. The summed E-state index contributed by atoms with van der Waals surface area (Å²) in [5, 5.41) is 13.3. The number of benzene rings is 3. The molecule has 0 radical (unpaired) electrons. The Hall–Kier alpha value is -2.87. The van der Waals surface area contributed by atoms with Gasteiger partial charge in [-0.25, -0.2) is 4.98 Å². The van der Waals surface area contributed by atoms with Crippen LogP contribution in [-0.2, 0) is 0 Å². The summed E-state index contributed by atoms with van der Waals surface area (Å²) in [6.07, 6.45) is 0. The third kappa shape index (κ3) is 2.01. The SMILES string of the molecule is Cc1cc(-c2cccc(O)c2)nc2ccc3ccccc3c12. The second-order valence-corrected chi connectivity index (χ2v) is 5.56. The van der Waals surface area contributed by atoms with E-state index in [-0.39, 0.29) is 5.75 Å². The zero-order chi connectivity index (χ0) is 15.1. The number of rotatable bonds is 1. The molecule has 22 heavy (non-hydrogen) atoms. The Morgan fingerprint density at radius 3 is 2.59 bits per heavy atom. The van der Waals surface area contributed by atoms with Crippen molar-refractivity contribution in [1.29, 1.82) is 0 Å². The first-order valence-electron chi connectivity index (χ1n) is 7.31. The fraction of sp³-hybridized carbons (Fsp3) is 0.0500. The van der Waals surface area contributed by atoms with Gasteiger partial charge in [-0.1, -0.05) is 42.5 Å². The van der Waals surface area contributed by atoms with Crippen molar-refractivity contribution in [3.8, 4) is 17.0 Å². The third-order valence-electron chi connectivity index (χ3n) is 4.04. The van der Waals surface area contributed by atoms with Gasteiger partial charge >= 0.3 is 0 Å². The monoisotopic (exact) mass is 285 g/mol. The van der Waals surface area contributed by atoms with Crippen molar-refractivity contribution in [1.82, 2.24) is 4.98 Å². The van der Waals surface area contributed by atoms with Crippen molar-refractivity contribution >= 4 is 21.7 Å². The van der Waals surface area contributed by atoms with Crippen LogP contribution in [0.15, 0.2) is 66.7 Å². The van der Waals surface area contributed by atoms with Gasteiger partial charge in [-0.15, -0.1) is 0 Å². The lowest BCUT2D eigenvalue weighted by Gasteiger charge is -2.10. The number of pyridine rings is 1. The standard InChI is InChI=1S/C20H15NO/c1-13-11-19(15-6-4-7-16(22)12-15)21-18-10-9-14-5-2-3-8-17(14)20(13)18/h2-12,22H,1H3. The molecule has 0 aliphatic rings. The van der Waals surface area contributed by atoms with Gasteiger partial charge in [0.2, 0.25) is 0 Å². The van der Waals surface area contributed by atoms with Gasteiger partial charge in [-0.05, 0) is 47.5 Å². The van der Waals surface area contributed by atoms with Crippen LogP contribution in [0.4, 0.5) is 0 Å². The molecule has 1 heterocycles. The van der Waals surface area contributed by atoms with E-state index in [1.165, 1.54) is 21.7 Å². The van der Waals surface area contributed by atoms with Crippen LogP contribution in [0.3, 0.4) is 0 Å². The summed E-state index contributed by atoms with van der Waals surface area (Å²) in [6.45, 7) is 2.11. The quantitative estimate of drug-likeness (QED) is 0.495. The molecule has 4 aromatic rings. The number of aromatic hydroxyl groups is 1. The first kappa shape index (κ1) is 12.8. The number of nitrogens with zero attached hydrogens (tertiary/aromatic N) is 1. The molecule has 0 aliphatic carbocycles. The normalized spacial score (nSPS) is 11.1. The van der Waals surface area contributed by atoms with E-state index in [1.807, 2.05) is 12.1 Å². The lowest BCUT2D eigenvalue weighted by Crippen LogP contribution is -1.90. The molecule has 0 aliphatic heterocycles. The fourth-order valence-corrected chi connectivity index (χ4v) is 3.02. The highest BCUT2D eigenvalue weighted by molar-refractivity contribution is 6.08. The van der Waals surface area contributed by atoms with Crippen LogP contribution in [0.25, 0.3) is 32.9 Å². The molecule has 1 N–H and O–H groups in total. The maximum Gasteiger partial charge on any atom is 0.116 e. The first-order valence-corrected chi connectivity index (χ1v) is 7.31. The van der Waals surface area contributed by atoms with Crippen LogP contribution in [0.1, 0.15) is 5.56 Å². The zero-order valence-electron chi connectivity index (χ0n) is 12.2. The largest absolute Gasteiger partial charge is 0.508 e. The number of aryl methyl sites for hydroxylation is 1. The maximum atomic E-state index is 9.67. The number of phenolic OH excluding ortho intramolecular Hbond substituents is 1. The molecule has 0 atom stereocenters. The van der Waals surface area contributed by atoms with Gasteiger partial charge in [0.15, 0.2) is 0 Å². The third-order valence-corrected chi connectivity index (χ3v) is 4.04. The molecule has 1 aromatic heterocycles.